The zero-order valence-corrected chi connectivity index (χ0v) is 10.4. The second-order valence-corrected chi connectivity index (χ2v) is 4.50. The van der Waals surface area contributed by atoms with Crippen LogP contribution in [0.5, 0.6) is 0 Å². The van der Waals surface area contributed by atoms with Gasteiger partial charge in [-0.2, -0.15) is 0 Å². The van der Waals surface area contributed by atoms with E-state index in [-0.39, 0.29) is 11.1 Å². The molecule has 1 amide bonds. The molecule has 0 aromatic heterocycles. The van der Waals surface area contributed by atoms with Crippen molar-refractivity contribution in [2.24, 2.45) is 0 Å². The van der Waals surface area contributed by atoms with Crippen LogP contribution in [0.3, 0.4) is 0 Å². The van der Waals surface area contributed by atoms with Crippen molar-refractivity contribution in [1.29, 1.82) is 0 Å². The molecule has 0 bridgehead atoms. The SMILES string of the molecule is O=C(O)N1CCOC(c2ccc(Cl)c(F)c2)CC1. The smallest absolute Gasteiger partial charge is 0.407 e. The van der Waals surface area contributed by atoms with Gasteiger partial charge in [0.1, 0.15) is 5.82 Å². The Morgan fingerprint density at radius 2 is 2.28 bits per heavy atom. The highest BCUT2D eigenvalue weighted by molar-refractivity contribution is 6.30. The van der Waals surface area contributed by atoms with Gasteiger partial charge in [0.2, 0.25) is 0 Å². The van der Waals surface area contributed by atoms with E-state index in [4.69, 9.17) is 21.4 Å². The van der Waals surface area contributed by atoms with Gasteiger partial charge in [-0.3, -0.25) is 0 Å². The molecule has 18 heavy (non-hydrogen) atoms. The van der Waals surface area contributed by atoms with Crippen LogP contribution in [0.4, 0.5) is 9.18 Å². The van der Waals surface area contributed by atoms with E-state index in [0.29, 0.717) is 31.7 Å². The van der Waals surface area contributed by atoms with Crippen molar-refractivity contribution in [3.05, 3.63) is 34.6 Å². The fourth-order valence-electron chi connectivity index (χ4n) is 1.94. The molecule has 98 valence electrons. The van der Waals surface area contributed by atoms with E-state index < -0.39 is 11.9 Å². The summed E-state index contributed by atoms with van der Waals surface area (Å²) >= 11 is 5.61. The molecule has 1 heterocycles. The van der Waals surface area contributed by atoms with E-state index in [1.165, 1.54) is 17.0 Å². The van der Waals surface area contributed by atoms with Gasteiger partial charge in [0.15, 0.2) is 0 Å². The molecule has 1 aromatic carbocycles. The molecule has 1 unspecified atom stereocenters. The first-order valence-corrected chi connectivity index (χ1v) is 6.00. The summed E-state index contributed by atoms with van der Waals surface area (Å²) in [4.78, 5) is 12.1. The van der Waals surface area contributed by atoms with Gasteiger partial charge in [-0.1, -0.05) is 17.7 Å². The summed E-state index contributed by atoms with van der Waals surface area (Å²) in [6.45, 7) is 1.02. The minimum Gasteiger partial charge on any atom is -0.465 e. The summed E-state index contributed by atoms with van der Waals surface area (Å²) < 4.78 is 18.9. The lowest BCUT2D eigenvalue weighted by molar-refractivity contribution is 0.0613. The summed E-state index contributed by atoms with van der Waals surface area (Å²) in [7, 11) is 0. The number of ether oxygens (including phenoxy) is 1. The average Bonchev–Trinajstić information content (AvgIpc) is 2.58. The van der Waals surface area contributed by atoms with Gasteiger partial charge in [0.05, 0.1) is 17.7 Å². The first kappa shape index (κ1) is 13.1. The number of amides is 1. The Kier molecular flexibility index (Phi) is 4.04. The molecule has 1 aliphatic heterocycles. The van der Waals surface area contributed by atoms with Crippen LogP contribution < -0.4 is 0 Å². The Morgan fingerprint density at radius 3 is 2.94 bits per heavy atom. The quantitative estimate of drug-likeness (QED) is 0.856. The molecular formula is C12H13ClFNO3. The highest BCUT2D eigenvalue weighted by Crippen LogP contribution is 2.26. The first-order valence-electron chi connectivity index (χ1n) is 5.62. The number of halogens is 2. The maximum Gasteiger partial charge on any atom is 0.407 e. The normalized spacial score (nSPS) is 20.6. The third-order valence-corrected chi connectivity index (χ3v) is 3.23. The van der Waals surface area contributed by atoms with E-state index in [2.05, 4.69) is 0 Å². The lowest BCUT2D eigenvalue weighted by Gasteiger charge is -2.16. The maximum atomic E-state index is 13.3. The van der Waals surface area contributed by atoms with Crippen molar-refractivity contribution in [2.75, 3.05) is 19.7 Å². The van der Waals surface area contributed by atoms with Gasteiger partial charge in [-0.05, 0) is 24.1 Å². The van der Waals surface area contributed by atoms with Crippen molar-refractivity contribution < 1.29 is 19.0 Å². The van der Waals surface area contributed by atoms with E-state index >= 15 is 0 Å². The molecule has 1 atom stereocenters. The Morgan fingerprint density at radius 1 is 1.50 bits per heavy atom. The van der Waals surface area contributed by atoms with Gasteiger partial charge in [-0.15, -0.1) is 0 Å². The fraction of sp³-hybridized carbons (Fsp3) is 0.417. The second-order valence-electron chi connectivity index (χ2n) is 4.09. The Hall–Kier alpha value is -1.33. The van der Waals surface area contributed by atoms with Gasteiger partial charge in [-0.25, -0.2) is 9.18 Å². The predicted octanol–water partition coefficient (Wildman–Crippen LogP) is 2.92. The number of carbonyl (C=O) groups is 1. The van der Waals surface area contributed by atoms with Crippen LogP contribution in [0.25, 0.3) is 0 Å². The predicted molar refractivity (Wildman–Crippen MR) is 64.3 cm³/mol. The van der Waals surface area contributed by atoms with E-state index in [1.54, 1.807) is 6.07 Å². The molecule has 1 fully saturated rings. The third-order valence-electron chi connectivity index (χ3n) is 2.93. The Bertz CT molecular complexity index is 455. The molecule has 4 nitrogen and oxygen atoms in total. The molecule has 0 radical (unpaired) electrons. The van der Waals surface area contributed by atoms with E-state index in [9.17, 15) is 9.18 Å². The molecule has 1 N–H and O–H groups in total. The van der Waals surface area contributed by atoms with Crippen LogP contribution in [-0.4, -0.2) is 35.8 Å². The van der Waals surface area contributed by atoms with E-state index in [1.807, 2.05) is 0 Å². The van der Waals surface area contributed by atoms with Crippen LogP contribution >= 0.6 is 11.6 Å². The molecule has 0 spiro atoms. The van der Waals surface area contributed by atoms with Crippen LogP contribution in [0.2, 0.25) is 5.02 Å². The summed E-state index contributed by atoms with van der Waals surface area (Å²) in [5.41, 5.74) is 0.684. The molecule has 1 saturated heterocycles. The van der Waals surface area contributed by atoms with Crippen LogP contribution in [-0.2, 0) is 4.74 Å². The van der Waals surface area contributed by atoms with Crippen molar-refractivity contribution >= 4 is 17.7 Å². The monoisotopic (exact) mass is 273 g/mol. The molecule has 1 aliphatic rings. The molecule has 0 aliphatic carbocycles. The minimum absolute atomic E-state index is 0.0690. The van der Waals surface area contributed by atoms with Gasteiger partial charge >= 0.3 is 6.09 Å². The first-order chi connectivity index (χ1) is 8.58. The zero-order valence-electron chi connectivity index (χ0n) is 9.60. The number of hydrogen-bond donors (Lipinski definition) is 1. The Balaban J connectivity index is 2.09. The Labute approximate surface area is 109 Å². The number of rotatable bonds is 1. The molecule has 6 heteroatoms. The van der Waals surface area contributed by atoms with Crippen molar-refractivity contribution in [2.45, 2.75) is 12.5 Å². The summed E-state index contributed by atoms with van der Waals surface area (Å²) in [6, 6.07) is 4.52. The maximum absolute atomic E-state index is 13.3. The standard InChI is InChI=1S/C12H13ClFNO3/c13-9-2-1-8(7-10(9)14)11-3-4-15(12(16)17)5-6-18-11/h1-2,7,11H,3-6H2,(H,16,17). The number of nitrogens with zero attached hydrogens (tertiary/aromatic N) is 1. The average molecular weight is 274 g/mol. The van der Waals surface area contributed by atoms with Crippen LogP contribution in [0, 0.1) is 5.82 Å². The van der Waals surface area contributed by atoms with Gasteiger partial charge < -0.3 is 14.7 Å². The summed E-state index contributed by atoms with van der Waals surface area (Å²) in [5.74, 6) is -0.489. The number of benzene rings is 1. The summed E-state index contributed by atoms with van der Waals surface area (Å²) in [6.07, 6.45) is -0.740. The van der Waals surface area contributed by atoms with Gasteiger partial charge in [0, 0.05) is 13.1 Å². The second kappa shape index (κ2) is 5.54. The van der Waals surface area contributed by atoms with Crippen molar-refractivity contribution in [3.8, 4) is 0 Å². The van der Waals surface area contributed by atoms with Crippen molar-refractivity contribution in [3.63, 3.8) is 0 Å². The van der Waals surface area contributed by atoms with Crippen molar-refractivity contribution in [1.82, 2.24) is 4.90 Å². The molecule has 0 saturated carbocycles. The van der Waals surface area contributed by atoms with E-state index in [0.717, 1.165) is 0 Å². The van der Waals surface area contributed by atoms with Crippen LogP contribution in [0.15, 0.2) is 18.2 Å². The largest absolute Gasteiger partial charge is 0.465 e. The number of carboxylic acid groups (broad SMARTS) is 1. The molecular weight excluding hydrogens is 261 g/mol. The zero-order chi connectivity index (χ0) is 13.1. The fourth-order valence-corrected chi connectivity index (χ4v) is 2.06. The molecule has 1 aromatic rings. The number of hydrogen-bond acceptors (Lipinski definition) is 2. The lowest BCUT2D eigenvalue weighted by atomic mass is 10.1. The highest BCUT2D eigenvalue weighted by Gasteiger charge is 2.22. The lowest BCUT2D eigenvalue weighted by Crippen LogP contribution is -2.31. The van der Waals surface area contributed by atoms with Gasteiger partial charge in [0.25, 0.3) is 0 Å². The topological polar surface area (TPSA) is 49.8 Å². The summed E-state index contributed by atoms with van der Waals surface area (Å²) in [5, 5.41) is 8.96. The minimum atomic E-state index is -0.957. The highest BCUT2D eigenvalue weighted by atomic mass is 35.5. The third kappa shape index (κ3) is 2.91. The molecule has 2 rings (SSSR count). The van der Waals surface area contributed by atoms with Crippen LogP contribution in [0.1, 0.15) is 18.1 Å².